The largest absolute Gasteiger partial charge is 0.372 e. The van der Waals surface area contributed by atoms with E-state index in [0.29, 0.717) is 11.6 Å². The second-order valence-corrected chi connectivity index (χ2v) is 8.03. The van der Waals surface area contributed by atoms with E-state index in [0.717, 1.165) is 50.6 Å². The van der Waals surface area contributed by atoms with Crippen LogP contribution in [0.5, 0.6) is 0 Å². The Labute approximate surface area is 172 Å². The number of likely N-dealkylation sites (N-methyl/N-ethyl adjacent to an activating group) is 1. The Morgan fingerprint density at radius 2 is 1.59 bits per heavy atom. The van der Waals surface area contributed by atoms with Crippen molar-refractivity contribution in [3.05, 3.63) is 41.7 Å². The lowest BCUT2D eigenvalue weighted by atomic mass is 10.1. The van der Waals surface area contributed by atoms with E-state index < -0.39 is 0 Å². The van der Waals surface area contributed by atoms with Crippen LogP contribution >= 0.6 is 0 Å². The Morgan fingerprint density at radius 3 is 2.28 bits per heavy atom. The fraction of sp³-hybridized carbons (Fsp3) is 0.500. The van der Waals surface area contributed by atoms with Gasteiger partial charge in [0.25, 0.3) is 5.91 Å². The van der Waals surface area contributed by atoms with Gasteiger partial charge in [0.2, 0.25) is 5.95 Å². The molecule has 7 heteroatoms. The molecule has 0 unspecified atom stereocenters. The number of piperazine rings is 1. The number of anilines is 3. The normalized spacial score (nSPS) is 18.0. The van der Waals surface area contributed by atoms with Gasteiger partial charge in [-0.05, 0) is 63.6 Å². The van der Waals surface area contributed by atoms with Gasteiger partial charge in [-0.3, -0.25) is 4.79 Å². The molecule has 0 saturated carbocycles. The van der Waals surface area contributed by atoms with E-state index in [2.05, 4.69) is 49.2 Å². The number of benzene rings is 1. The summed E-state index contributed by atoms with van der Waals surface area (Å²) in [6, 6.07) is 9.86. The number of aryl methyl sites for hydroxylation is 1. The fourth-order valence-electron chi connectivity index (χ4n) is 3.92. The molecular formula is C22H30N6O. The van der Waals surface area contributed by atoms with Crippen LogP contribution in [0.3, 0.4) is 0 Å². The molecule has 29 heavy (non-hydrogen) atoms. The minimum absolute atomic E-state index is 0.198. The Hall–Kier alpha value is -2.67. The molecule has 2 saturated heterocycles. The fourth-order valence-corrected chi connectivity index (χ4v) is 3.92. The average Bonchev–Trinajstić information content (AvgIpc) is 2.75. The SMILES string of the molecule is Cc1cc(C(=O)Nc2ccc(N3CCCCC3)cc2)nc(N2CCN(C)CC2)n1. The van der Waals surface area contributed by atoms with Crippen LogP contribution in [0.15, 0.2) is 30.3 Å². The van der Waals surface area contributed by atoms with Crippen molar-refractivity contribution in [3.63, 3.8) is 0 Å². The molecule has 7 nitrogen and oxygen atoms in total. The number of hydrogen-bond donors (Lipinski definition) is 1. The average molecular weight is 395 g/mol. The molecule has 1 N–H and O–H groups in total. The van der Waals surface area contributed by atoms with Crippen LogP contribution < -0.4 is 15.1 Å². The molecule has 2 fully saturated rings. The quantitative estimate of drug-likeness (QED) is 0.860. The van der Waals surface area contributed by atoms with Crippen molar-refractivity contribution >= 4 is 23.2 Å². The van der Waals surface area contributed by atoms with Gasteiger partial charge >= 0.3 is 0 Å². The second-order valence-electron chi connectivity index (χ2n) is 8.03. The number of carbonyl (C=O) groups excluding carboxylic acids is 1. The molecule has 0 aliphatic carbocycles. The van der Waals surface area contributed by atoms with Gasteiger partial charge in [-0.1, -0.05) is 0 Å². The number of hydrogen-bond acceptors (Lipinski definition) is 6. The van der Waals surface area contributed by atoms with Gasteiger partial charge in [-0.2, -0.15) is 0 Å². The number of carbonyl (C=O) groups is 1. The zero-order chi connectivity index (χ0) is 20.2. The van der Waals surface area contributed by atoms with Crippen molar-refractivity contribution in [2.75, 3.05) is 61.4 Å². The van der Waals surface area contributed by atoms with E-state index >= 15 is 0 Å². The lowest BCUT2D eigenvalue weighted by Crippen LogP contribution is -2.45. The summed E-state index contributed by atoms with van der Waals surface area (Å²) < 4.78 is 0. The number of piperidine rings is 1. The first-order chi connectivity index (χ1) is 14.1. The van der Waals surface area contributed by atoms with Gasteiger partial charge < -0.3 is 20.0 Å². The third-order valence-corrected chi connectivity index (χ3v) is 5.71. The van der Waals surface area contributed by atoms with Crippen molar-refractivity contribution < 1.29 is 4.79 Å². The zero-order valence-corrected chi connectivity index (χ0v) is 17.4. The summed E-state index contributed by atoms with van der Waals surface area (Å²) in [5.74, 6) is 0.445. The molecule has 0 radical (unpaired) electrons. The summed E-state index contributed by atoms with van der Waals surface area (Å²) >= 11 is 0. The molecule has 0 bridgehead atoms. The van der Waals surface area contributed by atoms with Crippen LogP contribution in [0, 0.1) is 6.92 Å². The minimum atomic E-state index is -0.198. The molecule has 2 aliphatic rings. The second kappa shape index (κ2) is 8.78. The highest BCUT2D eigenvalue weighted by molar-refractivity contribution is 6.03. The molecule has 1 aromatic heterocycles. The van der Waals surface area contributed by atoms with Crippen molar-refractivity contribution in [2.24, 2.45) is 0 Å². The molecule has 1 amide bonds. The molecule has 3 heterocycles. The molecule has 0 atom stereocenters. The van der Waals surface area contributed by atoms with Crippen molar-refractivity contribution in [2.45, 2.75) is 26.2 Å². The number of nitrogens with zero attached hydrogens (tertiary/aromatic N) is 5. The maximum atomic E-state index is 12.8. The first-order valence-corrected chi connectivity index (χ1v) is 10.5. The van der Waals surface area contributed by atoms with E-state index in [4.69, 9.17) is 0 Å². The Morgan fingerprint density at radius 1 is 0.897 bits per heavy atom. The van der Waals surface area contributed by atoms with Crippen LogP contribution in [0.1, 0.15) is 35.4 Å². The van der Waals surface area contributed by atoms with Crippen LogP contribution in [-0.2, 0) is 0 Å². The lowest BCUT2D eigenvalue weighted by Gasteiger charge is -2.32. The van der Waals surface area contributed by atoms with E-state index in [1.807, 2.05) is 19.1 Å². The molecule has 154 valence electrons. The highest BCUT2D eigenvalue weighted by atomic mass is 16.1. The summed E-state index contributed by atoms with van der Waals surface area (Å²) in [6.45, 7) is 7.83. The van der Waals surface area contributed by atoms with Crippen LogP contribution in [0.4, 0.5) is 17.3 Å². The van der Waals surface area contributed by atoms with Crippen LogP contribution in [0.25, 0.3) is 0 Å². The summed E-state index contributed by atoms with van der Waals surface area (Å²) in [7, 11) is 2.11. The molecule has 0 spiro atoms. The monoisotopic (exact) mass is 394 g/mol. The summed E-state index contributed by atoms with van der Waals surface area (Å²) in [4.78, 5) is 28.7. The third-order valence-electron chi connectivity index (χ3n) is 5.71. The highest BCUT2D eigenvalue weighted by Crippen LogP contribution is 2.22. The van der Waals surface area contributed by atoms with Crippen molar-refractivity contribution in [3.8, 4) is 0 Å². The van der Waals surface area contributed by atoms with E-state index in [1.54, 1.807) is 6.07 Å². The topological polar surface area (TPSA) is 64.6 Å². The molecule has 4 rings (SSSR count). The Kier molecular flexibility index (Phi) is 5.94. The summed E-state index contributed by atoms with van der Waals surface area (Å²) in [5, 5.41) is 2.98. The number of nitrogens with one attached hydrogen (secondary N) is 1. The van der Waals surface area contributed by atoms with Gasteiger partial charge in [0.15, 0.2) is 0 Å². The van der Waals surface area contributed by atoms with E-state index in [-0.39, 0.29) is 5.91 Å². The highest BCUT2D eigenvalue weighted by Gasteiger charge is 2.19. The summed E-state index contributed by atoms with van der Waals surface area (Å²) in [6.07, 6.45) is 3.82. The zero-order valence-electron chi connectivity index (χ0n) is 17.4. The van der Waals surface area contributed by atoms with Crippen molar-refractivity contribution in [1.29, 1.82) is 0 Å². The van der Waals surface area contributed by atoms with E-state index in [1.165, 1.54) is 24.9 Å². The summed E-state index contributed by atoms with van der Waals surface area (Å²) in [5.41, 5.74) is 3.22. The molecule has 1 aromatic carbocycles. The van der Waals surface area contributed by atoms with Crippen LogP contribution in [-0.4, -0.2) is 67.1 Å². The van der Waals surface area contributed by atoms with Crippen LogP contribution in [0.2, 0.25) is 0 Å². The van der Waals surface area contributed by atoms with Gasteiger partial charge in [-0.15, -0.1) is 0 Å². The molecule has 2 aliphatic heterocycles. The standard InChI is InChI=1S/C22H30N6O/c1-17-16-20(25-22(23-17)28-14-12-26(2)13-15-28)21(29)24-18-6-8-19(9-7-18)27-10-4-3-5-11-27/h6-9,16H,3-5,10-15H2,1-2H3,(H,24,29). The van der Waals surface area contributed by atoms with Gasteiger partial charge in [0.1, 0.15) is 5.69 Å². The van der Waals surface area contributed by atoms with E-state index in [9.17, 15) is 4.79 Å². The lowest BCUT2D eigenvalue weighted by molar-refractivity contribution is 0.102. The molecule has 2 aromatic rings. The van der Waals surface area contributed by atoms with Crippen molar-refractivity contribution in [1.82, 2.24) is 14.9 Å². The van der Waals surface area contributed by atoms with Gasteiger partial charge in [0, 0.05) is 56.3 Å². The minimum Gasteiger partial charge on any atom is -0.372 e. The number of aromatic nitrogens is 2. The number of amides is 1. The van der Waals surface area contributed by atoms with Gasteiger partial charge in [0.05, 0.1) is 0 Å². The third kappa shape index (κ3) is 4.85. The predicted molar refractivity (Wildman–Crippen MR) is 117 cm³/mol. The maximum absolute atomic E-state index is 12.8. The maximum Gasteiger partial charge on any atom is 0.274 e. The molecular weight excluding hydrogens is 364 g/mol. The Balaban J connectivity index is 1.44. The number of rotatable bonds is 4. The smallest absolute Gasteiger partial charge is 0.274 e. The first-order valence-electron chi connectivity index (χ1n) is 10.5. The predicted octanol–water partition coefficient (Wildman–Crippen LogP) is 2.78. The first kappa shape index (κ1) is 19.6. The Bertz CT molecular complexity index is 839. The van der Waals surface area contributed by atoms with Gasteiger partial charge in [-0.25, -0.2) is 9.97 Å².